The molecule has 184 valence electrons. The van der Waals surface area contributed by atoms with Gasteiger partial charge in [-0.3, -0.25) is 19.4 Å². The molecule has 0 bridgehead atoms. The average Bonchev–Trinajstić information content (AvgIpc) is 2.71. The van der Waals surface area contributed by atoms with Gasteiger partial charge in [0.15, 0.2) is 5.78 Å². The van der Waals surface area contributed by atoms with Gasteiger partial charge < -0.3 is 20.7 Å². The number of aromatic nitrogens is 2. The number of nitrogens with zero attached hydrogens (tertiary/aromatic N) is 2. The van der Waals surface area contributed by atoms with Crippen LogP contribution in [0.4, 0.5) is 0 Å². The third kappa shape index (κ3) is 10.9. The van der Waals surface area contributed by atoms with Crippen LogP contribution in [0.3, 0.4) is 0 Å². The lowest BCUT2D eigenvalue weighted by atomic mass is 9.74. The van der Waals surface area contributed by atoms with Crippen molar-refractivity contribution >= 4 is 24.7 Å². The number of Topliss-reactive ketones (excluding diaryl/α,β-unsaturated/α-hetero) is 1. The van der Waals surface area contributed by atoms with E-state index in [2.05, 4.69) is 20.6 Å². The summed E-state index contributed by atoms with van der Waals surface area (Å²) in [5.74, 6) is -2.15. The monoisotopic (exact) mass is 462 g/mol. The summed E-state index contributed by atoms with van der Waals surface area (Å²) >= 11 is 0. The second-order valence-corrected chi connectivity index (χ2v) is 9.90. The number of nitrogens with one attached hydrogen (secondary N) is 2. The molecule has 10 heteroatoms. The molecule has 0 aliphatic heterocycles. The Bertz CT molecular complexity index is 758. The minimum Gasteiger partial charge on any atom is -0.426 e. The topological polar surface area (TPSA) is 142 Å². The van der Waals surface area contributed by atoms with Gasteiger partial charge in [-0.1, -0.05) is 41.5 Å². The van der Waals surface area contributed by atoms with Crippen LogP contribution in [-0.4, -0.2) is 56.7 Å². The van der Waals surface area contributed by atoms with Gasteiger partial charge in [-0.05, 0) is 37.0 Å². The lowest BCUT2D eigenvalue weighted by molar-refractivity contribution is -0.131. The number of carbonyl (C=O) groups is 3. The third-order valence-electron chi connectivity index (χ3n) is 5.18. The van der Waals surface area contributed by atoms with Gasteiger partial charge in [0.05, 0.1) is 18.2 Å². The third-order valence-corrected chi connectivity index (χ3v) is 5.18. The van der Waals surface area contributed by atoms with E-state index >= 15 is 0 Å². The molecule has 3 atom stereocenters. The van der Waals surface area contributed by atoms with Crippen LogP contribution in [0.5, 0.6) is 0 Å². The zero-order valence-corrected chi connectivity index (χ0v) is 20.6. The van der Waals surface area contributed by atoms with E-state index in [1.165, 1.54) is 18.6 Å². The van der Waals surface area contributed by atoms with Crippen LogP contribution in [0.25, 0.3) is 0 Å². The van der Waals surface area contributed by atoms with Gasteiger partial charge in [-0.15, -0.1) is 0 Å². The van der Waals surface area contributed by atoms with Crippen molar-refractivity contribution in [2.24, 2.45) is 23.7 Å². The molecule has 0 spiro atoms. The molecule has 1 heterocycles. The van der Waals surface area contributed by atoms with Crippen molar-refractivity contribution in [2.45, 2.75) is 79.2 Å². The molecule has 0 saturated carbocycles. The van der Waals surface area contributed by atoms with Gasteiger partial charge in [-0.25, -0.2) is 4.98 Å². The molecular weight excluding hydrogens is 423 g/mol. The van der Waals surface area contributed by atoms with E-state index in [9.17, 15) is 24.4 Å². The Hall–Kier alpha value is -2.33. The maximum Gasteiger partial charge on any atom is 0.475 e. The number of amides is 2. The molecular formula is C23H39BN4O5. The van der Waals surface area contributed by atoms with Crippen molar-refractivity contribution in [3.05, 3.63) is 24.3 Å². The first-order valence-electron chi connectivity index (χ1n) is 11.7. The normalized spacial score (nSPS) is 14.2. The van der Waals surface area contributed by atoms with Gasteiger partial charge in [0.25, 0.3) is 5.91 Å². The summed E-state index contributed by atoms with van der Waals surface area (Å²) in [6.07, 6.45) is 5.41. The fourth-order valence-electron chi connectivity index (χ4n) is 3.69. The van der Waals surface area contributed by atoms with Crippen molar-refractivity contribution in [3.8, 4) is 0 Å². The summed E-state index contributed by atoms with van der Waals surface area (Å²) in [5.41, 5.74) is 0.115. The summed E-state index contributed by atoms with van der Waals surface area (Å²) in [6.45, 7) is 11.7. The molecule has 1 aromatic rings. The average molecular weight is 462 g/mol. The van der Waals surface area contributed by atoms with Crippen LogP contribution in [-0.2, 0) is 9.59 Å². The van der Waals surface area contributed by atoms with Gasteiger partial charge in [0.1, 0.15) is 5.69 Å². The number of carbonyl (C=O) groups excluding carboxylic acids is 3. The van der Waals surface area contributed by atoms with Crippen LogP contribution in [0, 0.1) is 23.7 Å². The Morgan fingerprint density at radius 2 is 1.52 bits per heavy atom. The first kappa shape index (κ1) is 28.7. The van der Waals surface area contributed by atoms with Crippen LogP contribution in [0.15, 0.2) is 18.6 Å². The molecule has 0 aliphatic carbocycles. The standard InChI is InChI=1S/C23H39BN4O5/c1-14(2)9-17(22(30)28-21(24(32)33)11-16(5)6)12-20(29)18(10-15(3)4)27-23(31)19-13-25-7-8-26-19/h7-8,13-18,21,32-33H,9-12H2,1-6H3,(H,27,31)(H,28,30)/t17-,18+,21+/m1/s1. The number of hydrogen-bond acceptors (Lipinski definition) is 7. The molecule has 0 aliphatic rings. The molecule has 1 aromatic heterocycles. The summed E-state index contributed by atoms with van der Waals surface area (Å²) in [7, 11) is -1.69. The van der Waals surface area contributed by atoms with Gasteiger partial charge in [0.2, 0.25) is 5.91 Å². The lowest BCUT2D eigenvalue weighted by Gasteiger charge is -2.26. The zero-order valence-electron chi connectivity index (χ0n) is 20.6. The predicted octanol–water partition coefficient (Wildman–Crippen LogP) is 1.79. The van der Waals surface area contributed by atoms with Crippen molar-refractivity contribution in [3.63, 3.8) is 0 Å². The first-order chi connectivity index (χ1) is 15.4. The summed E-state index contributed by atoms with van der Waals surface area (Å²) < 4.78 is 0. The molecule has 0 unspecified atom stereocenters. The van der Waals surface area contributed by atoms with Crippen LogP contribution >= 0.6 is 0 Å². The van der Waals surface area contributed by atoms with Crippen molar-refractivity contribution in [1.82, 2.24) is 20.6 Å². The highest BCUT2D eigenvalue weighted by molar-refractivity contribution is 6.43. The molecule has 0 radical (unpaired) electrons. The number of ketones is 1. The second-order valence-electron chi connectivity index (χ2n) is 9.90. The SMILES string of the molecule is CC(C)C[C@H](CC(=O)[C@H](CC(C)C)NC(=O)c1cnccn1)C(=O)N[C@@H](CC(C)C)B(O)O. The maximum atomic E-state index is 13.2. The first-order valence-corrected chi connectivity index (χ1v) is 11.7. The fourth-order valence-corrected chi connectivity index (χ4v) is 3.69. The van der Waals surface area contributed by atoms with E-state index in [1.807, 2.05) is 41.5 Å². The highest BCUT2D eigenvalue weighted by atomic mass is 16.4. The molecule has 1 rings (SSSR count). The quantitative estimate of drug-likeness (QED) is 0.309. The zero-order chi connectivity index (χ0) is 25.1. The molecule has 33 heavy (non-hydrogen) atoms. The molecule has 2 amide bonds. The minimum absolute atomic E-state index is 0.0575. The van der Waals surface area contributed by atoms with E-state index < -0.39 is 30.9 Å². The highest BCUT2D eigenvalue weighted by Crippen LogP contribution is 2.20. The van der Waals surface area contributed by atoms with E-state index in [1.54, 1.807) is 0 Å². The summed E-state index contributed by atoms with van der Waals surface area (Å²) in [6, 6.07) is -0.767. The smallest absolute Gasteiger partial charge is 0.426 e. The Kier molecular flexibility index (Phi) is 12.2. The van der Waals surface area contributed by atoms with Crippen LogP contribution in [0.1, 0.15) is 77.7 Å². The largest absolute Gasteiger partial charge is 0.475 e. The van der Waals surface area contributed by atoms with Crippen LogP contribution < -0.4 is 10.6 Å². The maximum absolute atomic E-state index is 13.2. The van der Waals surface area contributed by atoms with Crippen molar-refractivity contribution in [2.75, 3.05) is 0 Å². The Balaban J connectivity index is 2.98. The second kappa shape index (κ2) is 14.0. The predicted molar refractivity (Wildman–Crippen MR) is 127 cm³/mol. The summed E-state index contributed by atoms with van der Waals surface area (Å²) in [4.78, 5) is 46.6. The Morgan fingerprint density at radius 1 is 0.909 bits per heavy atom. The van der Waals surface area contributed by atoms with E-state index in [4.69, 9.17) is 0 Å². The Labute approximate surface area is 197 Å². The lowest BCUT2D eigenvalue weighted by Crippen LogP contribution is -2.50. The van der Waals surface area contributed by atoms with Crippen molar-refractivity contribution in [1.29, 1.82) is 0 Å². The fraction of sp³-hybridized carbons (Fsp3) is 0.696. The molecule has 0 aromatic carbocycles. The number of rotatable bonds is 14. The van der Waals surface area contributed by atoms with Gasteiger partial charge in [-0.2, -0.15) is 0 Å². The van der Waals surface area contributed by atoms with Gasteiger partial charge >= 0.3 is 7.12 Å². The van der Waals surface area contributed by atoms with E-state index in [0.717, 1.165) is 0 Å². The molecule has 4 N–H and O–H groups in total. The van der Waals surface area contributed by atoms with E-state index in [0.29, 0.717) is 19.3 Å². The Morgan fingerprint density at radius 3 is 2.00 bits per heavy atom. The van der Waals surface area contributed by atoms with Crippen LogP contribution in [0.2, 0.25) is 0 Å². The molecule has 0 saturated heterocycles. The minimum atomic E-state index is -1.69. The van der Waals surface area contributed by atoms with E-state index in [-0.39, 0.29) is 41.6 Å². The molecule has 9 nitrogen and oxygen atoms in total. The molecule has 0 fully saturated rings. The van der Waals surface area contributed by atoms with Gasteiger partial charge in [0, 0.05) is 24.7 Å². The summed E-state index contributed by atoms with van der Waals surface area (Å²) in [5, 5.41) is 24.8. The highest BCUT2D eigenvalue weighted by Gasteiger charge is 2.32. The van der Waals surface area contributed by atoms with Crippen molar-refractivity contribution < 1.29 is 24.4 Å². The number of hydrogen-bond donors (Lipinski definition) is 4.